The fourth-order valence-corrected chi connectivity index (χ4v) is 3.65. The summed E-state index contributed by atoms with van der Waals surface area (Å²) in [7, 11) is 2.91. The van der Waals surface area contributed by atoms with Crippen molar-refractivity contribution in [2.75, 3.05) is 18.1 Å². The van der Waals surface area contributed by atoms with E-state index in [1.54, 1.807) is 0 Å². The van der Waals surface area contributed by atoms with Gasteiger partial charge in [0.05, 0.1) is 17.5 Å². The fraction of sp³-hybridized carbons (Fsp3) is 0.286. The Morgan fingerprint density at radius 3 is 2.70 bits per heavy atom. The molecule has 6 nitrogen and oxygen atoms in total. The second-order valence-electron chi connectivity index (χ2n) is 4.42. The number of carboxylic acids is 1. The van der Waals surface area contributed by atoms with Gasteiger partial charge in [0.1, 0.15) is 11.3 Å². The number of carbonyl (C=O) groups excluding carboxylic acids is 1. The Morgan fingerprint density at radius 1 is 1.17 bits per heavy atom. The SMILES string of the molecule is O=C(O)CCSSCCNC(=O)c1cc(F)cc2nccnc12. The van der Waals surface area contributed by atoms with E-state index in [9.17, 15) is 14.0 Å². The Labute approximate surface area is 139 Å². The second kappa shape index (κ2) is 8.68. The number of halogens is 1. The average molecular weight is 355 g/mol. The maximum absolute atomic E-state index is 13.5. The van der Waals surface area contributed by atoms with Crippen molar-refractivity contribution in [2.45, 2.75) is 6.42 Å². The quantitative estimate of drug-likeness (QED) is 0.555. The van der Waals surface area contributed by atoms with E-state index in [-0.39, 0.29) is 12.0 Å². The van der Waals surface area contributed by atoms with Gasteiger partial charge < -0.3 is 10.4 Å². The number of rotatable bonds is 8. The number of aromatic nitrogens is 2. The van der Waals surface area contributed by atoms with Gasteiger partial charge in [0.25, 0.3) is 5.91 Å². The molecule has 0 saturated heterocycles. The summed E-state index contributed by atoms with van der Waals surface area (Å²) in [5.41, 5.74) is 0.836. The summed E-state index contributed by atoms with van der Waals surface area (Å²) in [6, 6.07) is 2.37. The summed E-state index contributed by atoms with van der Waals surface area (Å²) in [5, 5.41) is 11.2. The third-order valence-electron chi connectivity index (χ3n) is 2.74. The number of carboxylic acid groups (broad SMARTS) is 1. The van der Waals surface area contributed by atoms with Crippen LogP contribution in [0.3, 0.4) is 0 Å². The molecule has 2 N–H and O–H groups in total. The van der Waals surface area contributed by atoms with Crippen LogP contribution in [-0.2, 0) is 4.79 Å². The molecule has 23 heavy (non-hydrogen) atoms. The summed E-state index contributed by atoms with van der Waals surface area (Å²) in [5.74, 6) is -0.647. The fourth-order valence-electron chi connectivity index (χ4n) is 1.76. The molecule has 2 rings (SSSR count). The average Bonchev–Trinajstić information content (AvgIpc) is 2.52. The lowest BCUT2D eigenvalue weighted by Gasteiger charge is -2.07. The van der Waals surface area contributed by atoms with Crippen LogP contribution in [0, 0.1) is 5.82 Å². The molecule has 0 spiro atoms. The maximum Gasteiger partial charge on any atom is 0.304 e. The molecular weight excluding hydrogens is 341 g/mol. The lowest BCUT2D eigenvalue weighted by Crippen LogP contribution is -2.26. The molecule has 0 aliphatic heterocycles. The Balaban J connectivity index is 1.86. The largest absolute Gasteiger partial charge is 0.481 e. The Morgan fingerprint density at radius 2 is 1.91 bits per heavy atom. The molecule has 1 heterocycles. The van der Waals surface area contributed by atoms with Gasteiger partial charge in [-0.05, 0) is 6.07 Å². The second-order valence-corrected chi connectivity index (χ2v) is 7.12. The van der Waals surface area contributed by atoms with Crippen LogP contribution >= 0.6 is 21.6 Å². The van der Waals surface area contributed by atoms with Crippen LogP contribution in [0.15, 0.2) is 24.5 Å². The van der Waals surface area contributed by atoms with Crippen LogP contribution in [-0.4, -0.2) is 45.0 Å². The monoisotopic (exact) mass is 355 g/mol. The molecular formula is C14H14FN3O3S2. The van der Waals surface area contributed by atoms with Gasteiger partial charge >= 0.3 is 5.97 Å². The first kappa shape index (κ1) is 17.5. The molecule has 1 aromatic carbocycles. The van der Waals surface area contributed by atoms with E-state index in [1.807, 2.05) is 0 Å². The van der Waals surface area contributed by atoms with Crippen LogP contribution in [0.2, 0.25) is 0 Å². The summed E-state index contributed by atoms with van der Waals surface area (Å²) in [6.07, 6.45) is 3.00. The first-order chi connectivity index (χ1) is 11.1. The highest BCUT2D eigenvalue weighted by atomic mass is 33.1. The number of carbonyl (C=O) groups is 2. The Hall–Kier alpha value is -1.87. The van der Waals surface area contributed by atoms with E-state index >= 15 is 0 Å². The molecule has 1 amide bonds. The van der Waals surface area contributed by atoms with Crippen molar-refractivity contribution in [1.82, 2.24) is 15.3 Å². The summed E-state index contributed by atoms with van der Waals surface area (Å²) in [4.78, 5) is 30.6. The Kier molecular flexibility index (Phi) is 6.60. The van der Waals surface area contributed by atoms with Crippen LogP contribution in [0.1, 0.15) is 16.8 Å². The molecule has 0 saturated carbocycles. The van der Waals surface area contributed by atoms with E-state index in [0.717, 1.165) is 6.07 Å². The van der Waals surface area contributed by atoms with Crippen LogP contribution in [0.4, 0.5) is 4.39 Å². The number of fused-ring (bicyclic) bond motifs is 1. The van der Waals surface area contributed by atoms with Gasteiger partial charge in [-0.2, -0.15) is 0 Å². The molecule has 0 radical (unpaired) electrons. The van der Waals surface area contributed by atoms with Gasteiger partial charge in [-0.1, -0.05) is 21.6 Å². The third kappa shape index (κ3) is 5.36. The number of hydrogen-bond donors (Lipinski definition) is 2. The molecule has 0 fully saturated rings. The smallest absolute Gasteiger partial charge is 0.304 e. The molecule has 9 heteroatoms. The zero-order chi connectivity index (χ0) is 16.7. The van der Waals surface area contributed by atoms with Crippen molar-refractivity contribution in [3.63, 3.8) is 0 Å². The van der Waals surface area contributed by atoms with Crippen molar-refractivity contribution in [3.8, 4) is 0 Å². The van der Waals surface area contributed by atoms with Crippen molar-refractivity contribution >= 4 is 44.5 Å². The van der Waals surface area contributed by atoms with Gasteiger partial charge in [-0.25, -0.2) is 4.39 Å². The zero-order valence-corrected chi connectivity index (χ0v) is 13.6. The highest BCUT2D eigenvalue weighted by Crippen LogP contribution is 2.21. The minimum atomic E-state index is -0.828. The molecule has 0 aliphatic carbocycles. The van der Waals surface area contributed by atoms with Gasteiger partial charge in [0, 0.05) is 36.5 Å². The molecule has 0 atom stereocenters. The zero-order valence-electron chi connectivity index (χ0n) is 12.0. The van der Waals surface area contributed by atoms with E-state index in [2.05, 4.69) is 15.3 Å². The molecule has 122 valence electrons. The minimum Gasteiger partial charge on any atom is -0.481 e. The number of hydrogen-bond acceptors (Lipinski definition) is 6. The minimum absolute atomic E-state index is 0.109. The first-order valence-corrected chi connectivity index (χ1v) is 9.21. The van der Waals surface area contributed by atoms with Crippen molar-refractivity contribution < 1.29 is 19.1 Å². The summed E-state index contributed by atoms with van der Waals surface area (Å²) < 4.78 is 13.5. The van der Waals surface area contributed by atoms with Gasteiger partial charge in [-0.15, -0.1) is 0 Å². The highest BCUT2D eigenvalue weighted by Gasteiger charge is 2.13. The number of nitrogens with one attached hydrogen (secondary N) is 1. The van der Waals surface area contributed by atoms with Gasteiger partial charge in [-0.3, -0.25) is 19.6 Å². The van der Waals surface area contributed by atoms with E-state index < -0.39 is 17.7 Å². The number of benzene rings is 1. The topological polar surface area (TPSA) is 92.2 Å². The number of aliphatic carboxylic acids is 1. The standard InChI is InChI=1S/C14H14FN3O3S2/c15-9-7-10(13-11(8-9)16-2-3-17-13)14(21)18-4-6-23-22-5-1-12(19)20/h2-3,7-8H,1,4-6H2,(H,18,21)(H,19,20). The predicted molar refractivity (Wildman–Crippen MR) is 89.0 cm³/mol. The predicted octanol–water partition coefficient (Wildman–Crippen LogP) is 2.35. The van der Waals surface area contributed by atoms with Crippen molar-refractivity contribution in [3.05, 3.63) is 35.9 Å². The molecule has 1 aromatic heterocycles. The van der Waals surface area contributed by atoms with Crippen LogP contribution in [0.25, 0.3) is 11.0 Å². The van der Waals surface area contributed by atoms with Crippen molar-refractivity contribution in [1.29, 1.82) is 0 Å². The lowest BCUT2D eigenvalue weighted by molar-refractivity contribution is -0.136. The number of amides is 1. The van der Waals surface area contributed by atoms with Crippen molar-refractivity contribution in [2.24, 2.45) is 0 Å². The van der Waals surface area contributed by atoms with Gasteiger partial charge in [0.2, 0.25) is 0 Å². The van der Waals surface area contributed by atoms with E-state index in [0.29, 0.717) is 29.1 Å². The molecule has 0 aliphatic rings. The molecule has 0 unspecified atom stereocenters. The molecule has 0 bridgehead atoms. The normalized spacial score (nSPS) is 10.7. The van der Waals surface area contributed by atoms with E-state index in [4.69, 9.17) is 5.11 Å². The van der Waals surface area contributed by atoms with Crippen LogP contribution in [0.5, 0.6) is 0 Å². The van der Waals surface area contributed by atoms with Crippen LogP contribution < -0.4 is 5.32 Å². The summed E-state index contributed by atoms with van der Waals surface area (Å²) >= 11 is 0. The Bertz CT molecular complexity index is 715. The maximum atomic E-state index is 13.5. The molecule has 2 aromatic rings. The van der Waals surface area contributed by atoms with E-state index in [1.165, 1.54) is 40.0 Å². The first-order valence-electron chi connectivity index (χ1n) is 6.72. The highest BCUT2D eigenvalue weighted by molar-refractivity contribution is 8.76. The third-order valence-corrected chi connectivity index (χ3v) is 5.14. The summed E-state index contributed by atoms with van der Waals surface area (Å²) in [6.45, 7) is 0.391. The lowest BCUT2D eigenvalue weighted by atomic mass is 10.1. The number of nitrogens with zero attached hydrogens (tertiary/aromatic N) is 2. The van der Waals surface area contributed by atoms with Gasteiger partial charge in [0.15, 0.2) is 0 Å².